The molecule has 0 saturated heterocycles. The van der Waals surface area contributed by atoms with Crippen LogP contribution in [-0.2, 0) is 10.8 Å². The van der Waals surface area contributed by atoms with Gasteiger partial charge in [0, 0.05) is 22.5 Å². The molecule has 0 fully saturated rings. The van der Waals surface area contributed by atoms with Crippen molar-refractivity contribution in [3.63, 3.8) is 0 Å². The molecule has 0 atom stereocenters. The van der Waals surface area contributed by atoms with Crippen LogP contribution in [0.4, 0.5) is 17.1 Å². The molecule has 0 aliphatic heterocycles. The predicted octanol–water partition coefficient (Wildman–Crippen LogP) is 13.5. The molecule has 0 aromatic heterocycles. The molecule has 0 N–H and O–H groups in total. The van der Waals surface area contributed by atoms with Crippen molar-refractivity contribution in [3.05, 3.63) is 221 Å². The third kappa shape index (κ3) is 3.97. The molecule has 0 heterocycles. The van der Waals surface area contributed by atoms with Gasteiger partial charge in [-0.25, -0.2) is 0 Å². The Bertz CT molecular complexity index is 2650. The maximum absolute atomic E-state index is 2.59. The lowest BCUT2D eigenvalue weighted by Gasteiger charge is -2.32. The van der Waals surface area contributed by atoms with Gasteiger partial charge >= 0.3 is 0 Å². The number of para-hydroxylation sites is 2. The Morgan fingerprint density at radius 3 is 1.30 bits per heavy atom. The standard InChI is InChI=1S/C52H37N/c1-51(2)43-25-13-11-23-40(43)49-48-41-24-12-16-28-46(41)52(44-26-14-9-21-38(44)39-22-10-15-27-45(39)52)47(48)33-42(50(49)51)34-29-31-37(32-30-34)53(35-17-5-3-6-18-35)36-19-7-4-8-20-36/h3-33H,1-2H3. The van der Waals surface area contributed by atoms with Crippen molar-refractivity contribution in [2.45, 2.75) is 24.7 Å². The Kier molecular flexibility index (Phi) is 6.29. The van der Waals surface area contributed by atoms with Gasteiger partial charge in [-0.15, -0.1) is 0 Å². The SMILES string of the molecule is CC1(C)c2ccccc2-c2c3c(cc(-c4ccc(N(c5ccccc5)c5ccccc5)cc4)c21)C1(c2ccccc2-c2ccccc21)c1ccccc1-3. The lowest BCUT2D eigenvalue weighted by molar-refractivity contribution is 0.661. The third-order valence-corrected chi connectivity index (χ3v) is 12.2. The van der Waals surface area contributed by atoms with E-state index in [0.29, 0.717) is 0 Å². The van der Waals surface area contributed by atoms with E-state index in [-0.39, 0.29) is 5.41 Å². The fourth-order valence-corrected chi connectivity index (χ4v) is 10.2. The van der Waals surface area contributed by atoms with Gasteiger partial charge in [0.25, 0.3) is 0 Å². The number of fused-ring (bicyclic) bond motifs is 14. The van der Waals surface area contributed by atoms with Gasteiger partial charge in [0.05, 0.1) is 5.41 Å². The lowest BCUT2D eigenvalue weighted by Crippen LogP contribution is -2.26. The fourth-order valence-electron chi connectivity index (χ4n) is 10.2. The summed E-state index contributed by atoms with van der Waals surface area (Å²) in [6.45, 7) is 4.84. The van der Waals surface area contributed by atoms with E-state index in [1.165, 1.54) is 77.9 Å². The summed E-state index contributed by atoms with van der Waals surface area (Å²) in [4.78, 5) is 2.34. The molecule has 0 bridgehead atoms. The predicted molar refractivity (Wildman–Crippen MR) is 220 cm³/mol. The molecule has 250 valence electrons. The average molecular weight is 676 g/mol. The van der Waals surface area contributed by atoms with E-state index in [0.717, 1.165) is 17.1 Å². The second-order valence-electron chi connectivity index (χ2n) is 15.2. The minimum absolute atomic E-state index is 0.189. The van der Waals surface area contributed by atoms with Crippen molar-refractivity contribution >= 4 is 17.1 Å². The molecule has 1 heteroatoms. The van der Waals surface area contributed by atoms with Crippen LogP contribution in [0.1, 0.15) is 47.2 Å². The van der Waals surface area contributed by atoms with Crippen LogP contribution in [0.15, 0.2) is 188 Å². The quantitative estimate of drug-likeness (QED) is 0.179. The molecule has 11 rings (SSSR count). The van der Waals surface area contributed by atoms with E-state index in [4.69, 9.17) is 0 Å². The van der Waals surface area contributed by atoms with Crippen LogP contribution < -0.4 is 4.90 Å². The van der Waals surface area contributed by atoms with Crippen molar-refractivity contribution in [3.8, 4) is 44.5 Å². The van der Waals surface area contributed by atoms with Crippen LogP contribution >= 0.6 is 0 Å². The zero-order chi connectivity index (χ0) is 35.3. The Balaban J connectivity index is 1.21. The summed E-state index contributed by atoms with van der Waals surface area (Å²) in [6.07, 6.45) is 0. The first-order valence-corrected chi connectivity index (χ1v) is 18.7. The van der Waals surface area contributed by atoms with Crippen LogP contribution in [0.2, 0.25) is 0 Å². The van der Waals surface area contributed by atoms with Crippen LogP contribution in [0.25, 0.3) is 44.5 Å². The smallest absolute Gasteiger partial charge is 0.0725 e. The zero-order valence-corrected chi connectivity index (χ0v) is 29.8. The molecule has 8 aromatic carbocycles. The van der Waals surface area contributed by atoms with E-state index in [1.807, 2.05) is 0 Å². The molecule has 0 radical (unpaired) electrons. The Labute approximate surface area is 311 Å². The summed E-state index contributed by atoms with van der Waals surface area (Å²) in [6, 6.07) is 69.8. The summed E-state index contributed by atoms with van der Waals surface area (Å²) >= 11 is 0. The molecule has 1 spiro atoms. The molecule has 1 nitrogen and oxygen atoms in total. The van der Waals surface area contributed by atoms with Crippen molar-refractivity contribution in [2.75, 3.05) is 4.90 Å². The summed E-state index contributed by atoms with van der Waals surface area (Å²) < 4.78 is 0. The van der Waals surface area contributed by atoms with Gasteiger partial charge in [-0.3, -0.25) is 0 Å². The largest absolute Gasteiger partial charge is 0.311 e. The summed E-state index contributed by atoms with van der Waals surface area (Å²) in [5.74, 6) is 0. The fraction of sp³-hybridized carbons (Fsp3) is 0.0769. The summed E-state index contributed by atoms with van der Waals surface area (Å²) in [5.41, 5.74) is 21.8. The van der Waals surface area contributed by atoms with E-state index < -0.39 is 5.41 Å². The second-order valence-corrected chi connectivity index (χ2v) is 15.2. The highest BCUT2D eigenvalue weighted by Crippen LogP contribution is 2.67. The number of nitrogens with zero attached hydrogens (tertiary/aromatic N) is 1. The van der Waals surface area contributed by atoms with Crippen LogP contribution in [0.5, 0.6) is 0 Å². The van der Waals surface area contributed by atoms with Crippen molar-refractivity contribution in [1.29, 1.82) is 0 Å². The topological polar surface area (TPSA) is 3.24 Å². The minimum Gasteiger partial charge on any atom is -0.311 e. The number of hydrogen-bond donors (Lipinski definition) is 0. The number of anilines is 3. The molecule has 53 heavy (non-hydrogen) atoms. The van der Waals surface area contributed by atoms with Crippen molar-refractivity contribution in [1.82, 2.24) is 0 Å². The highest BCUT2D eigenvalue weighted by atomic mass is 15.1. The van der Waals surface area contributed by atoms with E-state index in [9.17, 15) is 0 Å². The normalized spacial score (nSPS) is 14.5. The second kappa shape index (κ2) is 11.0. The van der Waals surface area contributed by atoms with Crippen LogP contribution in [-0.4, -0.2) is 0 Å². The maximum Gasteiger partial charge on any atom is 0.0725 e. The zero-order valence-electron chi connectivity index (χ0n) is 29.8. The molecular formula is C52H37N. The number of benzene rings is 8. The van der Waals surface area contributed by atoms with Gasteiger partial charge in [0.2, 0.25) is 0 Å². The van der Waals surface area contributed by atoms with Gasteiger partial charge in [-0.05, 0) is 120 Å². The number of rotatable bonds is 4. The van der Waals surface area contributed by atoms with E-state index >= 15 is 0 Å². The molecule has 0 unspecified atom stereocenters. The molecule has 3 aliphatic carbocycles. The molecule has 0 amide bonds. The van der Waals surface area contributed by atoms with E-state index in [1.54, 1.807) is 0 Å². The Morgan fingerprint density at radius 2 is 0.755 bits per heavy atom. The minimum atomic E-state index is -0.415. The lowest BCUT2D eigenvalue weighted by atomic mass is 9.69. The number of hydrogen-bond acceptors (Lipinski definition) is 1. The highest BCUT2D eigenvalue weighted by molar-refractivity contribution is 6.05. The highest BCUT2D eigenvalue weighted by Gasteiger charge is 2.54. The first kappa shape index (κ1) is 30.2. The molecule has 3 aliphatic rings. The first-order chi connectivity index (χ1) is 26.1. The van der Waals surface area contributed by atoms with E-state index in [2.05, 4.69) is 207 Å². The third-order valence-electron chi connectivity index (χ3n) is 12.2. The van der Waals surface area contributed by atoms with Gasteiger partial charge in [0.15, 0.2) is 0 Å². The Morgan fingerprint density at radius 1 is 0.340 bits per heavy atom. The first-order valence-electron chi connectivity index (χ1n) is 18.7. The monoisotopic (exact) mass is 675 g/mol. The van der Waals surface area contributed by atoms with Crippen molar-refractivity contribution in [2.24, 2.45) is 0 Å². The summed E-state index contributed by atoms with van der Waals surface area (Å²) in [7, 11) is 0. The molecule has 0 saturated carbocycles. The van der Waals surface area contributed by atoms with Crippen molar-refractivity contribution < 1.29 is 0 Å². The molecule has 8 aromatic rings. The average Bonchev–Trinajstić information content (AvgIpc) is 3.78. The van der Waals surface area contributed by atoms with Gasteiger partial charge < -0.3 is 4.90 Å². The van der Waals surface area contributed by atoms with Gasteiger partial charge in [-0.2, -0.15) is 0 Å². The molecular weight excluding hydrogens is 639 g/mol. The van der Waals surface area contributed by atoms with Crippen LogP contribution in [0.3, 0.4) is 0 Å². The van der Waals surface area contributed by atoms with Gasteiger partial charge in [-0.1, -0.05) is 159 Å². The van der Waals surface area contributed by atoms with Crippen LogP contribution in [0, 0.1) is 0 Å². The van der Waals surface area contributed by atoms with Gasteiger partial charge in [0.1, 0.15) is 0 Å². The summed E-state index contributed by atoms with van der Waals surface area (Å²) in [5, 5.41) is 0. The maximum atomic E-state index is 2.59. The Hall–Kier alpha value is -6.44.